The summed E-state index contributed by atoms with van der Waals surface area (Å²) in [6.45, 7) is 4.46. The van der Waals surface area contributed by atoms with E-state index in [4.69, 9.17) is 18.0 Å². The minimum atomic E-state index is 0.218. The molecule has 3 aromatic rings. The van der Waals surface area contributed by atoms with Crippen molar-refractivity contribution in [3.8, 4) is 5.69 Å². The molecule has 4 rings (SSSR count). The molecule has 1 saturated heterocycles. The van der Waals surface area contributed by atoms with E-state index in [9.17, 15) is 0 Å². The molecule has 4 heteroatoms. The van der Waals surface area contributed by atoms with Crippen molar-refractivity contribution in [2.75, 3.05) is 13.1 Å². The third-order valence-electron chi connectivity index (χ3n) is 5.73. The number of hydrogen-bond acceptors (Lipinski definition) is 2. The van der Waals surface area contributed by atoms with Crippen LogP contribution in [0.2, 0.25) is 0 Å². The maximum atomic E-state index is 6.03. The summed E-state index contributed by atoms with van der Waals surface area (Å²) in [6.07, 6.45) is 5.96. The van der Waals surface area contributed by atoms with Crippen molar-refractivity contribution in [1.29, 1.82) is 0 Å². The Bertz CT molecular complexity index is 969. The number of likely N-dealkylation sites (tertiary alicyclic amines) is 1. The first kappa shape index (κ1) is 18.9. The van der Waals surface area contributed by atoms with Gasteiger partial charge in [-0.3, -0.25) is 4.90 Å². The standard InChI is InChI=1S/C24H27N3S/c1-18-10-3-4-11-19(18)23(26-15-7-2-8-16-26)22-14-9-17-27(22)21-13-6-5-12-20(21)24(25)28/h3-6,9-14,17,23H,2,7-8,15-16H2,1H3,(H2,25,28). The zero-order valence-corrected chi connectivity index (χ0v) is 17.2. The maximum Gasteiger partial charge on any atom is 0.106 e. The molecular weight excluding hydrogens is 362 g/mol. The van der Waals surface area contributed by atoms with Gasteiger partial charge in [0.15, 0.2) is 0 Å². The van der Waals surface area contributed by atoms with E-state index in [-0.39, 0.29) is 6.04 Å². The average Bonchev–Trinajstić information content (AvgIpc) is 3.19. The third-order valence-corrected chi connectivity index (χ3v) is 5.95. The van der Waals surface area contributed by atoms with Crippen molar-refractivity contribution in [1.82, 2.24) is 9.47 Å². The third kappa shape index (κ3) is 3.62. The Morgan fingerprint density at radius 3 is 2.39 bits per heavy atom. The fraction of sp³-hybridized carbons (Fsp3) is 0.292. The molecular formula is C24H27N3S. The van der Waals surface area contributed by atoms with Crippen LogP contribution in [-0.2, 0) is 0 Å². The van der Waals surface area contributed by atoms with Gasteiger partial charge in [0.05, 0.1) is 11.7 Å². The van der Waals surface area contributed by atoms with Crippen LogP contribution in [0.1, 0.15) is 47.7 Å². The number of rotatable bonds is 5. The summed E-state index contributed by atoms with van der Waals surface area (Å²) in [5.74, 6) is 0. The van der Waals surface area contributed by atoms with Crippen LogP contribution >= 0.6 is 12.2 Å². The second-order valence-electron chi connectivity index (χ2n) is 7.54. The highest BCUT2D eigenvalue weighted by Gasteiger charge is 2.28. The molecule has 1 unspecified atom stereocenters. The summed E-state index contributed by atoms with van der Waals surface area (Å²) in [7, 11) is 0. The Balaban J connectivity index is 1.87. The topological polar surface area (TPSA) is 34.2 Å². The van der Waals surface area contributed by atoms with Crippen LogP contribution in [0.15, 0.2) is 66.9 Å². The highest BCUT2D eigenvalue weighted by Crippen LogP contribution is 2.35. The molecule has 1 atom stereocenters. The van der Waals surface area contributed by atoms with E-state index in [0.717, 1.165) is 24.3 Å². The summed E-state index contributed by atoms with van der Waals surface area (Å²) in [6, 6.07) is 21.5. The first-order chi connectivity index (χ1) is 13.7. The van der Waals surface area contributed by atoms with Crippen LogP contribution in [-0.4, -0.2) is 27.5 Å². The molecule has 2 N–H and O–H groups in total. The molecule has 0 aliphatic carbocycles. The van der Waals surface area contributed by atoms with Crippen LogP contribution in [0.4, 0.5) is 0 Å². The first-order valence-corrected chi connectivity index (χ1v) is 10.4. The van der Waals surface area contributed by atoms with E-state index >= 15 is 0 Å². The minimum absolute atomic E-state index is 0.218. The van der Waals surface area contributed by atoms with E-state index < -0.39 is 0 Å². The number of hydrogen-bond donors (Lipinski definition) is 1. The quantitative estimate of drug-likeness (QED) is 0.624. The van der Waals surface area contributed by atoms with Crippen LogP contribution in [0, 0.1) is 6.92 Å². The normalized spacial score (nSPS) is 16.0. The van der Waals surface area contributed by atoms with Crippen LogP contribution in [0.25, 0.3) is 5.69 Å². The predicted molar refractivity (Wildman–Crippen MR) is 120 cm³/mol. The van der Waals surface area contributed by atoms with E-state index in [1.165, 1.54) is 36.1 Å². The number of nitrogens with two attached hydrogens (primary N) is 1. The Kier molecular flexibility index (Phi) is 5.60. The van der Waals surface area contributed by atoms with Crippen molar-refractivity contribution in [2.24, 2.45) is 5.73 Å². The molecule has 2 heterocycles. The molecule has 28 heavy (non-hydrogen) atoms. The highest BCUT2D eigenvalue weighted by molar-refractivity contribution is 7.80. The molecule has 0 saturated carbocycles. The number of para-hydroxylation sites is 1. The van der Waals surface area contributed by atoms with Gasteiger partial charge < -0.3 is 10.3 Å². The van der Waals surface area contributed by atoms with Gasteiger partial charge >= 0.3 is 0 Å². The molecule has 0 amide bonds. The monoisotopic (exact) mass is 389 g/mol. The summed E-state index contributed by atoms with van der Waals surface area (Å²) >= 11 is 5.33. The largest absolute Gasteiger partial charge is 0.389 e. The lowest BCUT2D eigenvalue weighted by Crippen LogP contribution is -2.35. The Morgan fingerprint density at radius 1 is 0.929 bits per heavy atom. The summed E-state index contributed by atoms with van der Waals surface area (Å²) in [5, 5.41) is 0. The molecule has 1 aliphatic heterocycles. The van der Waals surface area contributed by atoms with Crippen molar-refractivity contribution in [3.05, 3.63) is 89.2 Å². The van der Waals surface area contributed by atoms with Crippen LogP contribution < -0.4 is 5.73 Å². The maximum absolute atomic E-state index is 6.03. The number of thiocarbonyl (C=S) groups is 1. The number of aromatic nitrogens is 1. The molecule has 0 radical (unpaired) electrons. The molecule has 144 valence electrons. The average molecular weight is 390 g/mol. The van der Waals surface area contributed by atoms with E-state index in [1.54, 1.807) is 0 Å². The van der Waals surface area contributed by atoms with E-state index in [2.05, 4.69) is 65.1 Å². The van der Waals surface area contributed by atoms with Crippen molar-refractivity contribution in [2.45, 2.75) is 32.2 Å². The molecule has 1 aromatic heterocycles. The van der Waals surface area contributed by atoms with E-state index in [0.29, 0.717) is 4.99 Å². The van der Waals surface area contributed by atoms with Gasteiger partial charge in [-0.25, -0.2) is 0 Å². The summed E-state index contributed by atoms with van der Waals surface area (Å²) in [4.78, 5) is 3.06. The van der Waals surface area contributed by atoms with Gasteiger partial charge in [-0.05, 0) is 68.2 Å². The smallest absolute Gasteiger partial charge is 0.106 e. The second kappa shape index (κ2) is 8.29. The van der Waals surface area contributed by atoms with Gasteiger partial charge in [0, 0.05) is 17.5 Å². The molecule has 3 nitrogen and oxygen atoms in total. The lowest BCUT2D eigenvalue weighted by Gasteiger charge is -2.36. The van der Waals surface area contributed by atoms with Crippen LogP contribution in [0.3, 0.4) is 0 Å². The van der Waals surface area contributed by atoms with Crippen molar-refractivity contribution < 1.29 is 0 Å². The summed E-state index contributed by atoms with van der Waals surface area (Å²) in [5.41, 5.74) is 12.0. The molecule has 0 bridgehead atoms. The Hall–Kier alpha value is -2.43. The molecule has 1 aliphatic rings. The zero-order chi connectivity index (χ0) is 19.5. The number of benzene rings is 2. The molecule has 0 spiro atoms. The van der Waals surface area contributed by atoms with Gasteiger partial charge in [0.1, 0.15) is 4.99 Å². The van der Waals surface area contributed by atoms with Gasteiger partial charge in [0.2, 0.25) is 0 Å². The minimum Gasteiger partial charge on any atom is -0.389 e. The molecule has 2 aromatic carbocycles. The lowest BCUT2D eigenvalue weighted by atomic mass is 9.95. The van der Waals surface area contributed by atoms with E-state index in [1.807, 2.05) is 18.2 Å². The lowest BCUT2D eigenvalue weighted by molar-refractivity contribution is 0.183. The highest BCUT2D eigenvalue weighted by atomic mass is 32.1. The van der Waals surface area contributed by atoms with Crippen molar-refractivity contribution in [3.63, 3.8) is 0 Å². The summed E-state index contributed by atoms with van der Waals surface area (Å²) < 4.78 is 2.26. The van der Waals surface area contributed by atoms with Gasteiger partial charge in [-0.2, -0.15) is 0 Å². The van der Waals surface area contributed by atoms with Crippen molar-refractivity contribution >= 4 is 17.2 Å². The fourth-order valence-corrected chi connectivity index (χ4v) is 4.51. The Labute approximate surface area is 172 Å². The zero-order valence-electron chi connectivity index (χ0n) is 16.3. The second-order valence-corrected chi connectivity index (χ2v) is 7.98. The van der Waals surface area contributed by atoms with Gasteiger partial charge in [-0.15, -0.1) is 0 Å². The SMILES string of the molecule is Cc1ccccc1C(c1cccn1-c1ccccc1C(N)=S)N1CCCCC1. The van der Waals surface area contributed by atoms with Crippen LogP contribution in [0.5, 0.6) is 0 Å². The number of aryl methyl sites for hydroxylation is 1. The van der Waals surface area contributed by atoms with Gasteiger partial charge in [0.25, 0.3) is 0 Å². The number of nitrogens with zero attached hydrogens (tertiary/aromatic N) is 2. The first-order valence-electron chi connectivity index (χ1n) is 10.0. The molecule has 1 fully saturated rings. The Morgan fingerprint density at radius 2 is 1.64 bits per heavy atom. The fourth-order valence-electron chi connectivity index (χ4n) is 4.34. The van der Waals surface area contributed by atoms with Gasteiger partial charge in [-0.1, -0.05) is 55.0 Å². The number of piperidine rings is 1. The predicted octanol–water partition coefficient (Wildman–Crippen LogP) is 5.00.